The number of hydrogen-bond acceptors (Lipinski definition) is 2. The van der Waals surface area contributed by atoms with Crippen molar-refractivity contribution < 1.29 is 4.79 Å². The van der Waals surface area contributed by atoms with Gasteiger partial charge >= 0.3 is 0 Å². The minimum Gasteiger partial charge on any atom is -0.323 e. The predicted octanol–water partition coefficient (Wildman–Crippen LogP) is 1.41. The Morgan fingerprint density at radius 3 is 2.60 bits per heavy atom. The summed E-state index contributed by atoms with van der Waals surface area (Å²) in [5.41, 5.74) is -0.733. The quantitative estimate of drug-likeness (QED) is 0.638. The van der Waals surface area contributed by atoms with E-state index in [1.807, 2.05) is 13.8 Å². The van der Waals surface area contributed by atoms with Gasteiger partial charge in [0.25, 0.3) is 0 Å². The highest BCUT2D eigenvalue weighted by atomic mass is 16.2. The average molecular weight is 204 g/mol. The summed E-state index contributed by atoms with van der Waals surface area (Å²) in [6.45, 7) is 6.20. The van der Waals surface area contributed by atoms with Crippen molar-refractivity contribution in [1.82, 2.24) is 4.90 Å². The van der Waals surface area contributed by atoms with Crippen molar-refractivity contribution in [2.45, 2.75) is 32.7 Å². The van der Waals surface area contributed by atoms with Crippen LogP contribution >= 0.6 is 0 Å². The molecule has 3 heteroatoms. The number of nitrogens with zero attached hydrogens (tertiary/aromatic N) is 2. The van der Waals surface area contributed by atoms with Gasteiger partial charge in [-0.3, -0.25) is 4.79 Å². The largest absolute Gasteiger partial charge is 0.323 e. The molecule has 0 radical (unpaired) electrons. The second kappa shape index (κ2) is 3.95. The van der Waals surface area contributed by atoms with Crippen LogP contribution in [0.4, 0.5) is 0 Å². The van der Waals surface area contributed by atoms with Crippen LogP contribution in [-0.4, -0.2) is 22.9 Å². The number of likely N-dealkylation sites (tertiary alicyclic amines) is 1. The highest BCUT2D eigenvalue weighted by Gasteiger charge is 2.43. The van der Waals surface area contributed by atoms with Gasteiger partial charge in [0, 0.05) is 18.9 Å². The number of nitriles is 1. The van der Waals surface area contributed by atoms with Gasteiger partial charge in [-0.25, -0.2) is 0 Å². The van der Waals surface area contributed by atoms with Gasteiger partial charge in [0.2, 0.25) is 5.91 Å². The lowest BCUT2D eigenvalue weighted by atomic mass is 9.88. The van der Waals surface area contributed by atoms with Gasteiger partial charge in [-0.2, -0.15) is 5.26 Å². The summed E-state index contributed by atoms with van der Waals surface area (Å²) in [7, 11) is 0. The Morgan fingerprint density at radius 1 is 1.67 bits per heavy atom. The number of carbonyl (C=O) groups excluding carboxylic acids is 1. The summed E-state index contributed by atoms with van der Waals surface area (Å²) in [5.74, 6) is 2.65. The number of hydrogen-bond donors (Lipinski definition) is 0. The van der Waals surface area contributed by atoms with Crippen LogP contribution < -0.4 is 0 Å². The van der Waals surface area contributed by atoms with Crippen LogP contribution in [0, 0.1) is 35.5 Å². The van der Waals surface area contributed by atoms with E-state index in [2.05, 4.69) is 12.0 Å². The molecule has 0 aromatic rings. The highest BCUT2D eigenvalue weighted by molar-refractivity contribution is 5.80. The van der Waals surface area contributed by atoms with Crippen LogP contribution in [0.5, 0.6) is 0 Å². The van der Waals surface area contributed by atoms with Crippen molar-refractivity contribution in [3.8, 4) is 18.4 Å². The van der Waals surface area contributed by atoms with Crippen LogP contribution in [0.1, 0.15) is 27.2 Å². The Balaban J connectivity index is 2.95. The maximum absolute atomic E-state index is 11.7. The lowest BCUT2D eigenvalue weighted by molar-refractivity contribution is -0.132. The molecule has 0 aromatic carbocycles. The molecule has 1 saturated heterocycles. The maximum Gasteiger partial charge on any atom is 0.225 e. The second-order valence-electron chi connectivity index (χ2n) is 4.49. The number of rotatable bonds is 2. The molecule has 1 heterocycles. The molecule has 2 unspecified atom stereocenters. The van der Waals surface area contributed by atoms with Gasteiger partial charge in [-0.1, -0.05) is 13.8 Å². The second-order valence-corrected chi connectivity index (χ2v) is 4.49. The Hall–Kier alpha value is -1.48. The first-order valence-electron chi connectivity index (χ1n) is 5.13. The van der Waals surface area contributed by atoms with Crippen molar-refractivity contribution in [2.24, 2.45) is 11.8 Å². The third-order valence-electron chi connectivity index (χ3n) is 3.27. The van der Waals surface area contributed by atoms with E-state index in [-0.39, 0.29) is 17.7 Å². The van der Waals surface area contributed by atoms with Gasteiger partial charge < -0.3 is 4.90 Å². The fourth-order valence-corrected chi connectivity index (χ4v) is 1.77. The monoisotopic (exact) mass is 204 g/mol. The molecule has 1 fully saturated rings. The van der Waals surface area contributed by atoms with E-state index in [9.17, 15) is 10.1 Å². The van der Waals surface area contributed by atoms with Gasteiger partial charge in [0.1, 0.15) is 5.54 Å². The molecule has 0 saturated carbocycles. The Kier molecular flexibility index (Phi) is 3.05. The number of amides is 1. The molecule has 1 aliphatic heterocycles. The Labute approximate surface area is 91.1 Å². The van der Waals surface area contributed by atoms with Crippen molar-refractivity contribution in [3.05, 3.63) is 0 Å². The molecule has 80 valence electrons. The fourth-order valence-electron chi connectivity index (χ4n) is 1.77. The topological polar surface area (TPSA) is 44.1 Å². The first-order valence-corrected chi connectivity index (χ1v) is 5.13. The first kappa shape index (κ1) is 11.6. The van der Waals surface area contributed by atoms with E-state index in [1.54, 1.807) is 11.8 Å². The Bertz CT molecular complexity index is 348. The summed E-state index contributed by atoms with van der Waals surface area (Å²) in [4.78, 5) is 13.4. The van der Waals surface area contributed by atoms with E-state index >= 15 is 0 Å². The van der Waals surface area contributed by atoms with Crippen LogP contribution in [0.2, 0.25) is 0 Å². The van der Waals surface area contributed by atoms with Crippen molar-refractivity contribution in [2.75, 3.05) is 6.54 Å². The molecule has 0 aromatic heterocycles. The molecule has 15 heavy (non-hydrogen) atoms. The predicted molar refractivity (Wildman–Crippen MR) is 57.5 cm³/mol. The van der Waals surface area contributed by atoms with E-state index in [0.29, 0.717) is 13.0 Å². The third-order valence-corrected chi connectivity index (χ3v) is 3.27. The Morgan fingerprint density at radius 2 is 2.27 bits per heavy atom. The van der Waals surface area contributed by atoms with Crippen LogP contribution in [-0.2, 0) is 4.79 Å². The summed E-state index contributed by atoms with van der Waals surface area (Å²) in [6.07, 6.45) is 5.68. The zero-order chi connectivity index (χ0) is 11.6. The molecule has 1 aliphatic rings. The average Bonchev–Trinajstić information content (AvgIpc) is 2.58. The molecule has 0 bridgehead atoms. The zero-order valence-corrected chi connectivity index (χ0v) is 9.45. The van der Waals surface area contributed by atoms with Crippen molar-refractivity contribution in [1.29, 1.82) is 5.26 Å². The summed E-state index contributed by atoms with van der Waals surface area (Å²) < 4.78 is 0. The van der Waals surface area contributed by atoms with Crippen molar-refractivity contribution in [3.63, 3.8) is 0 Å². The minimum absolute atomic E-state index is 0.00398. The summed E-state index contributed by atoms with van der Waals surface area (Å²) in [6, 6.07) is 2.23. The number of terminal acetylenes is 1. The summed E-state index contributed by atoms with van der Waals surface area (Å²) in [5, 5.41) is 9.20. The fraction of sp³-hybridized carbons (Fsp3) is 0.667. The SMILES string of the molecule is C#CC1CC(=O)N(C(C)(C#N)C(C)C)C1. The van der Waals surface area contributed by atoms with Gasteiger partial charge in [-0.05, 0) is 12.8 Å². The maximum atomic E-state index is 11.7. The normalized spacial score (nSPS) is 24.8. The minimum atomic E-state index is -0.733. The van der Waals surface area contributed by atoms with Crippen LogP contribution in [0.3, 0.4) is 0 Å². The van der Waals surface area contributed by atoms with Crippen molar-refractivity contribution >= 4 is 5.91 Å². The zero-order valence-electron chi connectivity index (χ0n) is 9.45. The highest BCUT2D eigenvalue weighted by Crippen LogP contribution is 2.30. The summed E-state index contributed by atoms with van der Waals surface area (Å²) >= 11 is 0. The van der Waals surface area contributed by atoms with Gasteiger partial charge in [0.05, 0.1) is 6.07 Å². The van der Waals surface area contributed by atoms with Gasteiger partial charge in [-0.15, -0.1) is 12.3 Å². The number of carbonyl (C=O) groups is 1. The molecule has 2 atom stereocenters. The third kappa shape index (κ3) is 1.83. The molecule has 1 amide bonds. The van der Waals surface area contributed by atoms with E-state index in [1.165, 1.54) is 0 Å². The van der Waals surface area contributed by atoms with Gasteiger partial charge in [0.15, 0.2) is 0 Å². The molecule has 1 rings (SSSR count). The smallest absolute Gasteiger partial charge is 0.225 e. The lowest BCUT2D eigenvalue weighted by Gasteiger charge is -2.36. The van der Waals surface area contributed by atoms with E-state index in [4.69, 9.17) is 6.42 Å². The van der Waals surface area contributed by atoms with E-state index < -0.39 is 5.54 Å². The first-order chi connectivity index (χ1) is 6.95. The molecular weight excluding hydrogens is 188 g/mol. The van der Waals surface area contributed by atoms with Crippen LogP contribution in [0.15, 0.2) is 0 Å². The molecule has 0 spiro atoms. The molecule has 0 aliphatic carbocycles. The lowest BCUT2D eigenvalue weighted by Crippen LogP contribution is -2.50. The van der Waals surface area contributed by atoms with Crippen LogP contribution in [0.25, 0.3) is 0 Å². The molecular formula is C12H16N2O. The standard InChI is InChI=1S/C12H16N2O/c1-5-10-6-11(15)14(7-10)12(4,8-13)9(2)3/h1,9-10H,6-7H2,2-4H3. The van der Waals surface area contributed by atoms with E-state index in [0.717, 1.165) is 0 Å². The molecule has 3 nitrogen and oxygen atoms in total. The molecule has 0 N–H and O–H groups in total.